The number of nitrogens with zero attached hydrogens (tertiary/aromatic N) is 3. The Bertz CT molecular complexity index is 577. The van der Waals surface area contributed by atoms with Gasteiger partial charge in [-0.25, -0.2) is 15.0 Å². The van der Waals surface area contributed by atoms with Crippen molar-refractivity contribution < 1.29 is 5.11 Å². The van der Waals surface area contributed by atoms with Crippen LogP contribution in [0.15, 0.2) is 11.0 Å². The molecule has 0 spiro atoms. The molecule has 0 fully saturated rings. The van der Waals surface area contributed by atoms with Gasteiger partial charge in [-0.2, -0.15) is 0 Å². The smallest absolute Gasteiger partial charge is 0.279 e. The van der Waals surface area contributed by atoms with Crippen molar-refractivity contribution >= 4 is 11.2 Å². The van der Waals surface area contributed by atoms with Crippen LogP contribution < -0.4 is 5.56 Å². The second-order valence-corrected chi connectivity index (χ2v) is 3.79. The summed E-state index contributed by atoms with van der Waals surface area (Å²) in [7, 11) is 0. The van der Waals surface area contributed by atoms with Crippen LogP contribution in [0.3, 0.4) is 0 Å². The molecule has 2 aromatic heterocycles. The topological polar surface area (TPSA) is 91.8 Å². The molecule has 0 aliphatic heterocycles. The number of aromatic nitrogens is 4. The van der Waals surface area contributed by atoms with Crippen molar-refractivity contribution in [3.63, 3.8) is 0 Å². The molecule has 2 rings (SSSR count). The number of hydrogen-bond acceptors (Lipinski definition) is 5. The zero-order valence-corrected chi connectivity index (χ0v) is 9.06. The van der Waals surface area contributed by atoms with Gasteiger partial charge in [-0.3, -0.25) is 4.79 Å². The Morgan fingerprint density at radius 2 is 2.19 bits per heavy atom. The van der Waals surface area contributed by atoms with Gasteiger partial charge in [0.25, 0.3) is 5.56 Å². The largest absolute Gasteiger partial charge is 0.388 e. The van der Waals surface area contributed by atoms with E-state index in [0.717, 1.165) is 5.69 Å². The van der Waals surface area contributed by atoms with Gasteiger partial charge in [0.1, 0.15) is 12.4 Å². The van der Waals surface area contributed by atoms with Gasteiger partial charge in [0.2, 0.25) is 0 Å². The Balaban J connectivity index is 2.71. The van der Waals surface area contributed by atoms with Crippen LogP contribution >= 0.6 is 0 Å². The summed E-state index contributed by atoms with van der Waals surface area (Å²) in [6.45, 7) is 3.62. The van der Waals surface area contributed by atoms with Crippen molar-refractivity contribution in [2.24, 2.45) is 0 Å². The molecule has 84 valence electrons. The summed E-state index contributed by atoms with van der Waals surface area (Å²) >= 11 is 0. The van der Waals surface area contributed by atoms with Crippen LogP contribution in [0.25, 0.3) is 11.2 Å². The molecule has 0 atom stereocenters. The maximum atomic E-state index is 11.6. The van der Waals surface area contributed by atoms with Gasteiger partial charge in [-0.05, 0) is 5.92 Å². The lowest BCUT2D eigenvalue weighted by atomic mass is 10.1. The van der Waals surface area contributed by atoms with Crippen molar-refractivity contribution in [2.45, 2.75) is 26.4 Å². The SMILES string of the molecule is CC(C)c1cnc2nc(CO)[nH]c(=O)c2n1. The molecular weight excluding hydrogens is 208 g/mol. The molecule has 2 heterocycles. The van der Waals surface area contributed by atoms with E-state index in [1.807, 2.05) is 13.8 Å². The number of aliphatic hydroxyl groups excluding tert-OH is 1. The summed E-state index contributed by atoms with van der Waals surface area (Å²) in [6.07, 6.45) is 1.60. The van der Waals surface area contributed by atoms with Crippen molar-refractivity contribution in [3.8, 4) is 0 Å². The van der Waals surface area contributed by atoms with Crippen LogP contribution in [0.1, 0.15) is 31.3 Å². The average Bonchev–Trinajstić information content (AvgIpc) is 2.28. The number of aromatic amines is 1. The zero-order chi connectivity index (χ0) is 11.7. The number of fused-ring (bicyclic) bond motifs is 1. The van der Waals surface area contributed by atoms with Crippen molar-refractivity contribution in [1.29, 1.82) is 0 Å². The van der Waals surface area contributed by atoms with Crippen LogP contribution in [0, 0.1) is 0 Å². The average molecular weight is 220 g/mol. The van der Waals surface area contributed by atoms with Crippen molar-refractivity contribution in [3.05, 3.63) is 28.1 Å². The van der Waals surface area contributed by atoms with Gasteiger partial charge in [0.05, 0.1) is 11.9 Å². The fourth-order valence-corrected chi connectivity index (χ4v) is 1.33. The predicted octanol–water partition coefficient (Wildman–Crippen LogP) is 0.329. The first-order chi connectivity index (χ1) is 7.61. The van der Waals surface area contributed by atoms with Gasteiger partial charge in [0, 0.05) is 0 Å². The molecule has 2 aromatic rings. The molecule has 0 saturated carbocycles. The van der Waals surface area contributed by atoms with E-state index in [-0.39, 0.29) is 35.1 Å². The molecule has 0 radical (unpaired) electrons. The lowest BCUT2D eigenvalue weighted by Gasteiger charge is -2.04. The Morgan fingerprint density at radius 1 is 1.44 bits per heavy atom. The lowest BCUT2D eigenvalue weighted by molar-refractivity contribution is 0.271. The molecular formula is C10H12N4O2. The highest BCUT2D eigenvalue weighted by Gasteiger charge is 2.08. The number of rotatable bonds is 2. The molecule has 0 amide bonds. The highest BCUT2D eigenvalue weighted by atomic mass is 16.3. The van der Waals surface area contributed by atoms with E-state index < -0.39 is 0 Å². The Labute approximate surface area is 91.4 Å². The minimum atomic E-state index is -0.371. The summed E-state index contributed by atoms with van der Waals surface area (Å²) in [6, 6.07) is 0. The standard InChI is InChI=1S/C10H12N4O2/c1-5(2)6-3-11-9-8(12-6)10(16)14-7(4-15)13-9/h3,5,15H,4H2,1-2H3,(H,11,13,14,16). The monoisotopic (exact) mass is 220 g/mol. The number of hydrogen-bond donors (Lipinski definition) is 2. The molecule has 0 aliphatic rings. The minimum Gasteiger partial charge on any atom is -0.388 e. The van der Waals surface area contributed by atoms with E-state index in [2.05, 4.69) is 19.9 Å². The lowest BCUT2D eigenvalue weighted by Crippen LogP contribution is -2.15. The minimum absolute atomic E-state index is 0.198. The molecule has 2 N–H and O–H groups in total. The van der Waals surface area contributed by atoms with Crippen LogP contribution in [-0.2, 0) is 6.61 Å². The van der Waals surface area contributed by atoms with Crippen LogP contribution in [0.2, 0.25) is 0 Å². The number of nitrogens with one attached hydrogen (secondary N) is 1. The first kappa shape index (κ1) is 10.7. The van der Waals surface area contributed by atoms with E-state index in [0.29, 0.717) is 0 Å². The van der Waals surface area contributed by atoms with Crippen LogP contribution in [0.5, 0.6) is 0 Å². The molecule has 0 unspecified atom stereocenters. The third kappa shape index (κ3) is 1.79. The van der Waals surface area contributed by atoms with E-state index in [1.165, 1.54) is 0 Å². The van der Waals surface area contributed by atoms with E-state index in [9.17, 15) is 4.79 Å². The molecule has 0 bridgehead atoms. The van der Waals surface area contributed by atoms with Crippen LogP contribution in [0.4, 0.5) is 0 Å². The Kier molecular flexibility index (Phi) is 2.66. The molecule has 0 aliphatic carbocycles. The molecule has 0 saturated heterocycles. The fraction of sp³-hybridized carbons (Fsp3) is 0.400. The first-order valence-electron chi connectivity index (χ1n) is 4.98. The predicted molar refractivity (Wildman–Crippen MR) is 58.0 cm³/mol. The van der Waals surface area contributed by atoms with E-state index in [1.54, 1.807) is 6.20 Å². The fourth-order valence-electron chi connectivity index (χ4n) is 1.33. The zero-order valence-electron chi connectivity index (χ0n) is 9.06. The van der Waals surface area contributed by atoms with Crippen molar-refractivity contribution in [1.82, 2.24) is 19.9 Å². The summed E-state index contributed by atoms with van der Waals surface area (Å²) in [5.74, 6) is 0.401. The normalized spacial score (nSPS) is 11.2. The first-order valence-corrected chi connectivity index (χ1v) is 4.98. The Hall–Kier alpha value is -1.82. The maximum absolute atomic E-state index is 11.6. The van der Waals surface area contributed by atoms with Gasteiger partial charge >= 0.3 is 0 Å². The highest BCUT2D eigenvalue weighted by molar-refractivity contribution is 5.67. The molecule has 0 aromatic carbocycles. The summed E-state index contributed by atoms with van der Waals surface area (Å²) in [4.78, 5) is 26.3. The molecule has 16 heavy (non-hydrogen) atoms. The van der Waals surface area contributed by atoms with Crippen molar-refractivity contribution in [2.75, 3.05) is 0 Å². The second kappa shape index (κ2) is 3.97. The highest BCUT2D eigenvalue weighted by Crippen LogP contribution is 2.11. The maximum Gasteiger partial charge on any atom is 0.279 e. The number of aliphatic hydroxyl groups is 1. The van der Waals surface area contributed by atoms with E-state index in [4.69, 9.17) is 5.11 Å². The third-order valence-electron chi connectivity index (χ3n) is 2.23. The van der Waals surface area contributed by atoms with Crippen LogP contribution in [-0.4, -0.2) is 25.0 Å². The quantitative estimate of drug-likeness (QED) is 0.760. The van der Waals surface area contributed by atoms with Gasteiger partial charge in [-0.15, -0.1) is 0 Å². The van der Waals surface area contributed by atoms with Gasteiger partial charge in [-0.1, -0.05) is 13.8 Å². The molecule has 6 heteroatoms. The summed E-state index contributed by atoms with van der Waals surface area (Å²) < 4.78 is 0. The Morgan fingerprint density at radius 3 is 2.81 bits per heavy atom. The summed E-state index contributed by atoms with van der Waals surface area (Å²) in [5, 5.41) is 8.88. The third-order valence-corrected chi connectivity index (χ3v) is 2.23. The second-order valence-electron chi connectivity index (χ2n) is 3.79. The van der Waals surface area contributed by atoms with E-state index >= 15 is 0 Å². The van der Waals surface area contributed by atoms with Gasteiger partial charge < -0.3 is 10.1 Å². The number of H-pyrrole nitrogens is 1. The summed E-state index contributed by atoms with van der Waals surface area (Å²) in [5.41, 5.74) is 0.848. The molecule has 6 nitrogen and oxygen atoms in total. The van der Waals surface area contributed by atoms with Gasteiger partial charge in [0.15, 0.2) is 11.2 Å².